The van der Waals surface area contributed by atoms with Gasteiger partial charge in [-0.1, -0.05) is 13.8 Å². The predicted molar refractivity (Wildman–Crippen MR) is 78.3 cm³/mol. The fraction of sp³-hybridized carbons (Fsp3) is 0.571. The Bertz CT molecular complexity index is 531. The lowest BCUT2D eigenvalue weighted by atomic mass is 10.1. The maximum Gasteiger partial charge on any atom is 0.153 e. The van der Waals surface area contributed by atoms with Crippen LogP contribution in [0.5, 0.6) is 5.75 Å². The molecule has 1 aromatic carbocycles. The van der Waals surface area contributed by atoms with Crippen molar-refractivity contribution in [2.24, 2.45) is 0 Å². The third kappa shape index (κ3) is 5.09. The average molecular weight is 303 g/mol. The van der Waals surface area contributed by atoms with E-state index in [1.165, 1.54) is 18.2 Å². The van der Waals surface area contributed by atoms with Crippen LogP contribution in [-0.2, 0) is 9.84 Å². The number of ether oxygens (including phenoxy) is 1. The van der Waals surface area contributed by atoms with Gasteiger partial charge in [0.2, 0.25) is 0 Å². The maximum atomic E-state index is 13.3. The summed E-state index contributed by atoms with van der Waals surface area (Å²) in [6, 6.07) is 4.20. The first-order valence-electron chi connectivity index (χ1n) is 6.75. The minimum Gasteiger partial charge on any atom is -0.492 e. The van der Waals surface area contributed by atoms with Crippen LogP contribution in [0.3, 0.4) is 0 Å². The molecule has 0 saturated carbocycles. The largest absolute Gasteiger partial charge is 0.492 e. The van der Waals surface area contributed by atoms with Crippen molar-refractivity contribution in [3.05, 3.63) is 29.6 Å². The highest BCUT2D eigenvalue weighted by Gasteiger charge is 2.13. The molecule has 0 aliphatic carbocycles. The lowest BCUT2D eigenvalue weighted by molar-refractivity contribution is 0.332. The number of hydrogen-bond acceptors (Lipinski definition) is 4. The Morgan fingerprint density at radius 1 is 1.35 bits per heavy atom. The van der Waals surface area contributed by atoms with Crippen LogP contribution in [0.25, 0.3) is 0 Å². The first kappa shape index (κ1) is 16.9. The zero-order chi connectivity index (χ0) is 15.2. The van der Waals surface area contributed by atoms with E-state index in [4.69, 9.17) is 4.74 Å². The summed E-state index contributed by atoms with van der Waals surface area (Å²) in [5.74, 6) is 0.250. The van der Waals surface area contributed by atoms with E-state index in [0.717, 1.165) is 6.54 Å². The molecule has 1 unspecified atom stereocenters. The van der Waals surface area contributed by atoms with E-state index >= 15 is 0 Å². The van der Waals surface area contributed by atoms with E-state index in [2.05, 4.69) is 5.32 Å². The fourth-order valence-corrected chi connectivity index (χ4v) is 2.45. The van der Waals surface area contributed by atoms with Crippen LogP contribution in [0, 0.1) is 5.82 Å². The van der Waals surface area contributed by atoms with Crippen LogP contribution in [0.15, 0.2) is 18.2 Å². The van der Waals surface area contributed by atoms with Gasteiger partial charge in [0, 0.05) is 17.4 Å². The molecule has 4 nitrogen and oxygen atoms in total. The van der Waals surface area contributed by atoms with Crippen molar-refractivity contribution in [2.75, 3.05) is 24.7 Å². The van der Waals surface area contributed by atoms with Crippen molar-refractivity contribution < 1.29 is 17.5 Å². The summed E-state index contributed by atoms with van der Waals surface area (Å²) in [5.41, 5.74) is 0.695. The second-order valence-corrected chi connectivity index (χ2v) is 7.02. The third-order valence-corrected chi connectivity index (χ3v) is 4.71. The van der Waals surface area contributed by atoms with Crippen LogP contribution in [-0.4, -0.2) is 33.1 Å². The van der Waals surface area contributed by atoms with Gasteiger partial charge in [-0.25, -0.2) is 12.8 Å². The van der Waals surface area contributed by atoms with Gasteiger partial charge >= 0.3 is 0 Å². The van der Waals surface area contributed by atoms with Crippen molar-refractivity contribution in [2.45, 2.75) is 26.8 Å². The highest BCUT2D eigenvalue weighted by Crippen LogP contribution is 2.26. The second kappa shape index (κ2) is 7.59. The van der Waals surface area contributed by atoms with E-state index in [0.29, 0.717) is 11.3 Å². The minimum atomic E-state index is -3.06. The van der Waals surface area contributed by atoms with Gasteiger partial charge in [0.25, 0.3) is 0 Å². The first-order valence-corrected chi connectivity index (χ1v) is 8.57. The smallest absolute Gasteiger partial charge is 0.153 e. The van der Waals surface area contributed by atoms with Crippen LogP contribution in [0.1, 0.15) is 32.4 Å². The summed E-state index contributed by atoms with van der Waals surface area (Å²) in [5, 5.41) is 3.18. The Labute approximate surface area is 120 Å². The monoisotopic (exact) mass is 303 g/mol. The number of benzene rings is 1. The molecule has 0 aromatic heterocycles. The van der Waals surface area contributed by atoms with E-state index in [1.54, 1.807) is 6.92 Å². The van der Waals surface area contributed by atoms with Crippen LogP contribution < -0.4 is 10.1 Å². The van der Waals surface area contributed by atoms with Crippen molar-refractivity contribution in [3.8, 4) is 5.75 Å². The molecule has 0 amide bonds. The highest BCUT2D eigenvalue weighted by molar-refractivity contribution is 7.91. The predicted octanol–water partition coefficient (Wildman–Crippen LogP) is 2.31. The maximum absolute atomic E-state index is 13.3. The van der Waals surface area contributed by atoms with Gasteiger partial charge in [-0.05, 0) is 31.7 Å². The Morgan fingerprint density at radius 2 is 2.05 bits per heavy atom. The van der Waals surface area contributed by atoms with Gasteiger partial charge in [-0.3, -0.25) is 0 Å². The molecule has 1 N–H and O–H groups in total. The highest BCUT2D eigenvalue weighted by atomic mass is 32.2. The van der Waals surface area contributed by atoms with Crippen LogP contribution in [0.2, 0.25) is 0 Å². The quantitative estimate of drug-likeness (QED) is 0.800. The Balaban J connectivity index is 2.79. The minimum absolute atomic E-state index is 0.0318. The first-order chi connectivity index (χ1) is 9.39. The fourth-order valence-electron chi connectivity index (χ4n) is 1.83. The number of nitrogens with one attached hydrogen (secondary N) is 1. The second-order valence-electron chi connectivity index (χ2n) is 4.55. The van der Waals surface area contributed by atoms with Crippen LogP contribution >= 0.6 is 0 Å². The molecule has 1 rings (SSSR count). The SMILES string of the molecule is CCNC(C)c1cc(F)ccc1OCCS(=O)(=O)CC. The third-order valence-electron chi connectivity index (χ3n) is 3.04. The van der Waals surface area contributed by atoms with E-state index < -0.39 is 9.84 Å². The molecule has 0 fully saturated rings. The molecule has 6 heteroatoms. The average Bonchev–Trinajstić information content (AvgIpc) is 2.40. The summed E-state index contributed by atoms with van der Waals surface area (Å²) < 4.78 is 41.7. The lowest BCUT2D eigenvalue weighted by Crippen LogP contribution is -2.20. The molecule has 0 bridgehead atoms. The molecule has 20 heavy (non-hydrogen) atoms. The van der Waals surface area contributed by atoms with E-state index in [1.807, 2.05) is 13.8 Å². The molecule has 0 saturated heterocycles. The molecule has 0 radical (unpaired) electrons. The standard InChI is InChI=1S/C14H22FNO3S/c1-4-16-11(3)13-10-12(15)6-7-14(13)19-8-9-20(17,18)5-2/h6-7,10-11,16H,4-5,8-9H2,1-3H3. The molecule has 114 valence electrons. The number of sulfone groups is 1. The van der Waals surface area contributed by atoms with Gasteiger partial charge < -0.3 is 10.1 Å². The van der Waals surface area contributed by atoms with Crippen molar-refractivity contribution >= 4 is 9.84 Å². The normalized spacial score (nSPS) is 13.2. The van der Waals surface area contributed by atoms with Crippen LogP contribution in [0.4, 0.5) is 4.39 Å². The molecule has 0 spiro atoms. The molecule has 0 heterocycles. The summed E-state index contributed by atoms with van der Waals surface area (Å²) >= 11 is 0. The summed E-state index contributed by atoms with van der Waals surface area (Å²) in [7, 11) is -3.06. The lowest BCUT2D eigenvalue weighted by Gasteiger charge is -2.17. The van der Waals surface area contributed by atoms with Crippen molar-refractivity contribution in [3.63, 3.8) is 0 Å². The Morgan fingerprint density at radius 3 is 2.65 bits per heavy atom. The van der Waals surface area contributed by atoms with Gasteiger partial charge in [-0.15, -0.1) is 0 Å². The Kier molecular flexibility index (Phi) is 6.42. The van der Waals surface area contributed by atoms with Gasteiger partial charge in [0.05, 0.1) is 5.75 Å². The van der Waals surface area contributed by atoms with Crippen molar-refractivity contribution in [1.29, 1.82) is 0 Å². The Hall–Kier alpha value is -1.14. The summed E-state index contributed by atoms with van der Waals surface area (Å²) in [6.45, 7) is 6.30. The number of hydrogen-bond donors (Lipinski definition) is 1. The van der Waals surface area contributed by atoms with Gasteiger partial charge in [0.1, 0.15) is 18.2 Å². The van der Waals surface area contributed by atoms with Crippen molar-refractivity contribution in [1.82, 2.24) is 5.32 Å². The molecular weight excluding hydrogens is 281 g/mol. The summed E-state index contributed by atoms with van der Waals surface area (Å²) in [4.78, 5) is 0. The number of halogens is 1. The van der Waals surface area contributed by atoms with E-state index in [9.17, 15) is 12.8 Å². The van der Waals surface area contributed by atoms with Gasteiger partial charge in [0.15, 0.2) is 9.84 Å². The number of rotatable bonds is 8. The zero-order valence-corrected chi connectivity index (χ0v) is 13.0. The van der Waals surface area contributed by atoms with E-state index in [-0.39, 0.29) is 30.0 Å². The molecule has 0 aliphatic heterocycles. The molecule has 1 aromatic rings. The zero-order valence-electron chi connectivity index (χ0n) is 12.1. The molecular formula is C14H22FNO3S. The molecule has 0 aliphatic rings. The summed E-state index contributed by atoms with van der Waals surface area (Å²) in [6.07, 6.45) is 0. The molecule has 1 atom stereocenters. The topological polar surface area (TPSA) is 55.4 Å². The van der Waals surface area contributed by atoms with Gasteiger partial charge in [-0.2, -0.15) is 0 Å².